The van der Waals surface area contributed by atoms with Gasteiger partial charge in [0.15, 0.2) is 5.16 Å². The first-order chi connectivity index (χ1) is 11.9. The van der Waals surface area contributed by atoms with E-state index in [0.717, 1.165) is 12.2 Å². The van der Waals surface area contributed by atoms with Crippen molar-refractivity contribution in [2.24, 2.45) is 7.05 Å². The molecule has 1 unspecified atom stereocenters. The zero-order valence-corrected chi connectivity index (χ0v) is 16.1. The van der Waals surface area contributed by atoms with Gasteiger partial charge < -0.3 is 9.88 Å². The first-order valence-electron chi connectivity index (χ1n) is 7.91. The molecule has 0 spiro atoms. The van der Waals surface area contributed by atoms with E-state index >= 15 is 0 Å². The second kappa shape index (κ2) is 7.40. The minimum Gasteiger partial charge on any atom is -0.312 e. The van der Waals surface area contributed by atoms with Crippen LogP contribution in [0.4, 0.5) is 5.82 Å². The monoisotopic (exact) mass is 397 g/mol. The van der Waals surface area contributed by atoms with Crippen molar-refractivity contribution in [3.63, 3.8) is 0 Å². The first-order valence-corrected chi connectivity index (χ1v) is 9.65. The number of amides is 1. The van der Waals surface area contributed by atoms with Gasteiger partial charge in [-0.2, -0.15) is 4.98 Å². The molecule has 0 bridgehead atoms. The summed E-state index contributed by atoms with van der Waals surface area (Å²) >= 11 is 14.1. The third-order valence-electron chi connectivity index (χ3n) is 4.08. The smallest absolute Gasteiger partial charge is 0.279 e. The van der Waals surface area contributed by atoms with Gasteiger partial charge in [0.05, 0.1) is 5.56 Å². The van der Waals surface area contributed by atoms with Crippen molar-refractivity contribution in [3.8, 4) is 0 Å². The van der Waals surface area contributed by atoms with E-state index in [2.05, 4.69) is 17.2 Å². The third kappa shape index (κ3) is 3.43. The number of nitrogens with zero attached hydrogens (tertiary/aromatic N) is 2. The summed E-state index contributed by atoms with van der Waals surface area (Å²) in [6, 6.07) is 5.15. The fourth-order valence-corrected chi connectivity index (χ4v) is 4.43. The fourth-order valence-electron chi connectivity index (χ4n) is 2.95. The van der Waals surface area contributed by atoms with E-state index in [1.165, 1.54) is 11.8 Å². The molecule has 0 fully saturated rings. The Labute approximate surface area is 159 Å². The number of benzene rings is 1. The summed E-state index contributed by atoms with van der Waals surface area (Å²) in [6.07, 6.45) is 1.07. The summed E-state index contributed by atoms with van der Waals surface area (Å²) in [6.45, 7) is 2.06. The number of nitrogens with one attached hydrogen (secondary N) is 1. The molecule has 1 aliphatic rings. The number of thioether (sulfide) groups is 1. The van der Waals surface area contributed by atoms with Crippen LogP contribution in [0.1, 0.15) is 36.8 Å². The Bertz CT molecular complexity index is 878. The van der Waals surface area contributed by atoms with E-state index in [4.69, 9.17) is 23.2 Å². The molecule has 132 valence electrons. The number of rotatable bonds is 4. The topological polar surface area (TPSA) is 64.0 Å². The normalized spacial score (nSPS) is 16.5. The number of anilines is 1. The number of fused-ring (bicyclic) bond motifs is 1. The van der Waals surface area contributed by atoms with E-state index in [1.54, 1.807) is 29.8 Å². The van der Waals surface area contributed by atoms with Crippen molar-refractivity contribution in [2.75, 3.05) is 11.1 Å². The highest BCUT2D eigenvalue weighted by Crippen LogP contribution is 2.41. The lowest BCUT2D eigenvalue weighted by molar-refractivity contribution is -0.116. The van der Waals surface area contributed by atoms with Crippen LogP contribution in [0.3, 0.4) is 0 Å². The van der Waals surface area contributed by atoms with Crippen LogP contribution in [0.25, 0.3) is 0 Å². The lowest BCUT2D eigenvalue weighted by atomic mass is 9.86. The Morgan fingerprint density at radius 3 is 2.60 bits per heavy atom. The predicted octanol–water partition coefficient (Wildman–Crippen LogP) is 4.06. The van der Waals surface area contributed by atoms with Crippen LogP contribution in [0.15, 0.2) is 28.2 Å². The Morgan fingerprint density at radius 2 is 1.96 bits per heavy atom. The molecule has 0 radical (unpaired) electrons. The molecule has 2 heterocycles. The number of carbonyl (C=O) groups is 1. The number of halogens is 2. The average Bonchev–Trinajstić information content (AvgIpc) is 2.56. The first kappa shape index (κ1) is 18.3. The molecule has 25 heavy (non-hydrogen) atoms. The van der Waals surface area contributed by atoms with Crippen molar-refractivity contribution in [3.05, 3.63) is 49.7 Å². The molecular formula is C17H17Cl2N3O2S. The van der Waals surface area contributed by atoms with Crippen LogP contribution in [-0.4, -0.2) is 21.2 Å². The molecule has 5 nitrogen and oxygen atoms in total. The molecule has 1 atom stereocenters. The summed E-state index contributed by atoms with van der Waals surface area (Å²) in [7, 11) is 1.79. The second-order valence-corrected chi connectivity index (χ2v) is 7.69. The van der Waals surface area contributed by atoms with E-state index in [-0.39, 0.29) is 17.9 Å². The van der Waals surface area contributed by atoms with E-state index in [1.807, 2.05) is 0 Å². The largest absolute Gasteiger partial charge is 0.312 e. The van der Waals surface area contributed by atoms with Gasteiger partial charge in [0, 0.05) is 35.2 Å². The van der Waals surface area contributed by atoms with Crippen molar-refractivity contribution < 1.29 is 4.79 Å². The molecule has 1 aromatic heterocycles. The van der Waals surface area contributed by atoms with Crippen LogP contribution < -0.4 is 10.9 Å². The van der Waals surface area contributed by atoms with Gasteiger partial charge in [-0.05, 0) is 24.1 Å². The highest BCUT2D eigenvalue weighted by atomic mass is 35.5. The molecular weight excluding hydrogens is 381 g/mol. The molecule has 1 N–H and O–H groups in total. The van der Waals surface area contributed by atoms with Crippen molar-refractivity contribution >= 4 is 46.7 Å². The van der Waals surface area contributed by atoms with Crippen LogP contribution >= 0.6 is 35.0 Å². The summed E-state index contributed by atoms with van der Waals surface area (Å²) in [5.74, 6) is 0.616. The fraction of sp³-hybridized carbons (Fsp3) is 0.353. The van der Waals surface area contributed by atoms with Crippen molar-refractivity contribution in [2.45, 2.75) is 30.8 Å². The number of hydrogen-bond donors (Lipinski definition) is 1. The zero-order chi connectivity index (χ0) is 18.1. The minimum absolute atomic E-state index is 0.106. The Morgan fingerprint density at radius 1 is 1.28 bits per heavy atom. The van der Waals surface area contributed by atoms with Gasteiger partial charge in [-0.25, -0.2) is 0 Å². The number of aromatic nitrogens is 2. The maximum atomic E-state index is 12.7. The zero-order valence-electron chi connectivity index (χ0n) is 13.8. The van der Waals surface area contributed by atoms with Crippen LogP contribution in [0.2, 0.25) is 10.0 Å². The molecule has 0 saturated carbocycles. The number of hydrogen-bond acceptors (Lipinski definition) is 4. The summed E-state index contributed by atoms with van der Waals surface area (Å²) in [5.41, 5.74) is 0.667. The summed E-state index contributed by atoms with van der Waals surface area (Å²) in [5, 5.41) is 4.26. The van der Waals surface area contributed by atoms with Gasteiger partial charge in [-0.3, -0.25) is 9.59 Å². The minimum atomic E-state index is -0.513. The van der Waals surface area contributed by atoms with E-state index < -0.39 is 5.92 Å². The second-order valence-electron chi connectivity index (χ2n) is 5.81. The maximum absolute atomic E-state index is 12.7. The molecule has 0 saturated heterocycles. The lowest BCUT2D eigenvalue weighted by Crippen LogP contribution is -2.33. The van der Waals surface area contributed by atoms with Gasteiger partial charge in [-0.1, -0.05) is 48.0 Å². The highest BCUT2D eigenvalue weighted by molar-refractivity contribution is 7.99. The number of carbonyl (C=O) groups excluding carboxylic acids is 1. The van der Waals surface area contributed by atoms with Gasteiger partial charge in [-0.15, -0.1) is 0 Å². The lowest BCUT2D eigenvalue weighted by Gasteiger charge is -2.28. The molecule has 1 aromatic carbocycles. The predicted molar refractivity (Wildman–Crippen MR) is 102 cm³/mol. The van der Waals surface area contributed by atoms with Crippen LogP contribution in [0.5, 0.6) is 0 Å². The highest BCUT2D eigenvalue weighted by Gasteiger charge is 2.34. The molecule has 3 rings (SSSR count). The average molecular weight is 398 g/mol. The SMILES string of the molecule is CCCSc1nc(=O)c2c(n1C)NC(=O)CC2c1c(Cl)cccc1Cl. The molecule has 0 aliphatic carbocycles. The molecule has 1 amide bonds. The van der Waals surface area contributed by atoms with Crippen molar-refractivity contribution in [1.82, 2.24) is 9.55 Å². The molecule has 1 aliphatic heterocycles. The Hall–Kier alpha value is -1.50. The van der Waals surface area contributed by atoms with Gasteiger partial charge in [0.25, 0.3) is 5.56 Å². The van der Waals surface area contributed by atoms with Gasteiger partial charge >= 0.3 is 0 Å². The maximum Gasteiger partial charge on any atom is 0.279 e. The van der Waals surface area contributed by atoms with Crippen LogP contribution in [0, 0.1) is 0 Å². The van der Waals surface area contributed by atoms with E-state index in [9.17, 15) is 9.59 Å². The molecule has 8 heteroatoms. The Kier molecular flexibility index (Phi) is 5.41. The van der Waals surface area contributed by atoms with Crippen LogP contribution in [-0.2, 0) is 11.8 Å². The van der Waals surface area contributed by atoms with Gasteiger partial charge in [0.1, 0.15) is 5.82 Å². The van der Waals surface area contributed by atoms with Crippen molar-refractivity contribution in [1.29, 1.82) is 0 Å². The van der Waals surface area contributed by atoms with E-state index in [0.29, 0.717) is 32.1 Å². The third-order valence-corrected chi connectivity index (χ3v) is 5.98. The standard InChI is InChI=1S/C17H17Cl2N3O2S/c1-3-7-25-17-21-16(24)14-9(8-12(23)20-15(14)22(17)2)13-10(18)5-4-6-11(13)19/h4-6,9H,3,7-8H2,1-2H3,(H,20,23). The summed E-state index contributed by atoms with van der Waals surface area (Å²) < 4.78 is 1.76. The quantitative estimate of drug-likeness (QED) is 0.623. The Balaban J connectivity index is 2.20. The summed E-state index contributed by atoms with van der Waals surface area (Å²) in [4.78, 5) is 29.2. The molecule has 2 aromatic rings. The van der Waals surface area contributed by atoms with Gasteiger partial charge in [0.2, 0.25) is 5.91 Å².